The van der Waals surface area contributed by atoms with E-state index in [0.29, 0.717) is 11.5 Å². The van der Waals surface area contributed by atoms with Crippen molar-refractivity contribution in [1.82, 2.24) is 5.32 Å². The third kappa shape index (κ3) is 6.98. The van der Waals surface area contributed by atoms with Crippen molar-refractivity contribution in [2.75, 3.05) is 6.79 Å². The molecular weight excluding hydrogens is 552 g/mol. The summed E-state index contributed by atoms with van der Waals surface area (Å²) < 4.78 is 73.0. The maximum atomic E-state index is 13.9. The van der Waals surface area contributed by atoms with E-state index in [1.165, 1.54) is 0 Å². The van der Waals surface area contributed by atoms with E-state index in [9.17, 15) is 22.4 Å². The van der Waals surface area contributed by atoms with Gasteiger partial charge in [0.1, 0.15) is 11.5 Å². The average Bonchev–Trinajstić information content (AvgIpc) is 3.35. The largest absolute Gasteiger partial charge is 0.454 e. The number of rotatable bonds is 10. The topological polar surface area (TPSA) is 69.9 Å². The molecule has 1 atom stereocenters. The summed E-state index contributed by atoms with van der Waals surface area (Å²) in [5, 5.41) is 3.06. The third-order valence-corrected chi connectivity index (χ3v) is 6.44. The summed E-state index contributed by atoms with van der Waals surface area (Å²) in [7, 11) is 0. The molecule has 4 rings (SSSR count). The molecule has 0 amide bonds. The number of pyridine rings is 1. The van der Waals surface area contributed by atoms with Gasteiger partial charge >= 0.3 is 13.2 Å². The van der Waals surface area contributed by atoms with Gasteiger partial charge in [0.05, 0.1) is 5.56 Å². The molecule has 1 aliphatic rings. The number of carbonyl (C=O) groups excluding carboxylic acids is 1. The predicted molar refractivity (Wildman–Crippen MR) is 140 cm³/mol. The fourth-order valence-corrected chi connectivity index (χ4v) is 4.36. The van der Waals surface area contributed by atoms with Gasteiger partial charge in [0.2, 0.25) is 12.6 Å². The maximum Gasteiger partial charge on any atom is 0.387 e. The quantitative estimate of drug-likeness (QED) is 0.142. The van der Waals surface area contributed by atoms with Gasteiger partial charge in [-0.05, 0) is 40.8 Å². The molecule has 1 aromatic heterocycles. The van der Waals surface area contributed by atoms with Gasteiger partial charge in [0, 0.05) is 24.7 Å². The van der Waals surface area contributed by atoms with Crippen LogP contribution in [-0.4, -0.2) is 30.8 Å². The second-order valence-corrected chi connectivity index (χ2v) is 10.3. The van der Waals surface area contributed by atoms with Crippen molar-refractivity contribution in [3.05, 3.63) is 77.6 Å². The molecule has 0 aliphatic carbocycles. The molecule has 0 spiro atoms. The summed E-state index contributed by atoms with van der Waals surface area (Å²) in [6.45, 7) is -0.0777. The van der Waals surface area contributed by atoms with E-state index in [4.69, 9.17) is 21.7 Å². The molecule has 0 fully saturated rings. The highest BCUT2D eigenvalue weighted by atomic mass is 32.1. The highest BCUT2D eigenvalue weighted by Gasteiger charge is 2.36. The van der Waals surface area contributed by atoms with Crippen LogP contribution in [-0.2, 0) is 12.0 Å². The van der Waals surface area contributed by atoms with E-state index in [1.807, 2.05) is 39.0 Å². The minimum absolute atomic E-state index is 0.0899. The molecule has 2 aromatic carbocycles. The summed E-state index contributed by atoms with van der Waals surface area (Å²) >= 11 is 5.63. The van der Waals surface area contributed by atoms with Gasteiger partial charge in [-0.3, -0.25) is 4.79 Å². The lowest BCUT2D eigenvalue weighted by molar-refractivity contribution is -0.692. The van der Waals surface area contributed by atoms with E-state index < -0.39 is 36.5 Å². The predicted octanol–water partition coefficient (Wildman–Crippen LogP) is 5.74. The van der Waals surface area contributed by atoms with Crippen molar-refractivity contribution in [3.63, 3.8) is 0 Å². The van der Waals surface area contributed by atoms with Gasteiger partial charge in [-0.15, -0.1) is 0 Å². The Kier molecular flexibility index (Phi) is 8.77. The number of benzene rings is 2. The van der Waals surface area contributed by atoms with Crippen LogP contribution in [0, 0.1) is 0 Å². The maximum absolute atomic E-state index is 13.9. The molecule has 40 heavy (non-hydrogen) atoms. The Morgan fingerprint density at radius 2 is 1.65 bits per heavy atom. The molecule has 7 nitrogen and oxygen atoms in total. The van der Waals surface area contributed by atoms with Gasteiger partial charge in [-0.2, -0.15) is 22.1 Å². The third-order valence-electron chi connectivity index (χ3n) is 6.08. The van der Waals surface area contributed by atoms with Gasteiger partial charge in [-0.25, -0.2) is 0 Å². The van der Waals surface area contributed by atoms with Crippen molar-refractivity contribution >= 4 is 23.0 Å². The highest BCUT2D eigenvalue weighted by molar-refractivity contribution is 7.80. The summed E-state index contributed by atoms with van der Waals surface area (Å²) in [5.74, 6) is -0.571. The van der Waals surface area contributed by atoms with Crippen molar-refractivity contribution in [2.24, 2.45) is 0 Å². The minimum Gasteiger partial charge on any atom is -0.454 e. The number of ketones is 1. The fraction of sp³-hybridized carbons (Fsp3) is 0.321. The van der Waals surface area contributed by atoms with Crippen LogP contribution in [0.2, 0.25) is 0 Å². The Bertz CT molecular complexity index is 1380. The van der Waals surface area contributed by atoms with Crippen LogP contribution in [0.15, 0.2) is 60.9 Å². The zero-order valence-corrected chi connectivity index (χ0v) is 22.6. The molecule has 0 bridgehead atoms. The first-order valence-corrected chi connectivity index (χ1v) is 12.6. The first kappa shape index (κ1) is 29.1. The molecule has 212 valence electrons. The molecule has 0 saturated heterocycles. The van der Waals surface area contributed by atoms with Crippen LogP contribution < -0.4 is 28.8 Å². The lowest BCUT2D eigenvalue weighted by Crippen LogP contribution is -2.51. The average molecular weight is 580 g/mol. The molecular formula is C28H27F4N2O5S+. The Labute approximate surface area is 233 Å². The summed E-state index contributed by atoms with van der Waals surface area (Å²) in [5.41, 5.74) is 1.33. The molecule has 0 saturated carbocycles. The van der Waals surface area contributed by atoms with Crippen LogP contribution in [0.4, 0.5) is 17.6 Å². The number of hydrogen-bond acceptors (Lipinski definition) is 6. The Morgan fingerprint density at radius 3 is 2.30 bits per heavy atom. The van der Waals surface area contributed by atoms with Gasteiger partial charge < -0.3 is 24.3 Å². The number of halogens is 4. The number of nitrogens with zero attached hydrogens (tertiary/aromatic N) is 1. The molecule has 3 aromatic rings. The molecule has 2 heterocycles. The van der Waals surface area contributed by atoms with Gasteiger partial charge in [-0.1, -0.05) is 39.1 Å². The number of Topliss-reactive ketones (excluding diaryl/α,β-unsaturated/α-hetero) is 1. The molecule has 0 unspecified atom stereocenters. The minimum atomic E-state index is -3.32. The highest BCUT2D eigenvalue weighted by Crippen LogP contribution is 2.33. The summed E-state index contributed by atoms with van der Waals surface area (Å²) in [4.78, 5) is 14.0. The Morgan fingerprint density at radius 1 is 0.975 bits per heavy atom. The van der Waals surface area contributed by atoms with E-state index >= 15 is 0 Å². The summed E-state index contributed by atoms with van der Waals surface area (Å²) in [6, 6.07) is 10.8. The van der Waals surface area contributed by atoms with Crippen molar-refractivity contribution < 1.29 is 45.9 Å². The van der Waals surface area contributed by atoms with Gasteiger partial charge in [0.15, 0.2) is 28.9 Å². The van der Waals surface area contributed by atoms with Crippen molar-refractivity contribution in [1.29, 1.82) is 0 Å². The number of carbonyl (C=O) groups is 1. The number of hydrogen-bond donors (Lipinski definition) is 1. The van der Waals surface area contributed by atoms with Crippen molar-refractivity contribution in [3.8, 4) is 23.0 Å². The van der Waals surface area contributed by atoms with Gasteiger partial charge in [0.25, 0.3) is 6.04 Å². The normalized spacial score (nSPS) is 13.3. The number of fused-ring (bicyclic) bond motifs is 1. The van der Waals surface area contributed by atoms with Crippen LogP contribution >= 0.6 is 12.2 Å². The lowest BCUT2D eigenvalue weighted by Gasteiger charge is -2.20. The first-order chi connectivity index (χ1) is 18.9. The second kappa shape index (κ2) is 12.1. The Hall–Kier alpha value is -3.93. The molecule has 0 radical (unpaired) electrons. The standard InChI is InChI=1S/C28H26F4N2O5S/c1-28(2,3)17-8-10-34(11-9-17)23(25(40)33-14-16-4-7-20-22(12-16)37-15-36-20)24(35)19-6-5-18(38-26(29)30)13-21(19)39-27(31)32/h4-13,23,26-27H,14-15H2,1-3H3/p+1/t23-/m1/s1. The zero-order chi connectivity index (χ0) is 29.0. The lowest BCUT2D eigenvalue weighted by atomic mass is 9.88. The first-order valence-electron chi connectivity index (χ1n) is 12.2. The van der Waals surface area contributed by atoms with E-state index in [2.05, 4.69) is 14.8 Å². The van der Waals surface area contributed by atoms with Crippen LogP contribution in [0.1, 0.15) is 48.3 Å². The second-order valence-electron chi connectivity index (χ2n) is 9.87. The van der Waals surface area contributed by atoms with E-state index in [1.54, 1.807) is 29.1 Å². The number of ether oxygens (including phenoxy) is 4. The summed E-state index contributed by atoms with van der Waals surface area (Å²) in [6.07, 6.45) is 3.33. The van der Waals surface area contributed by atoms with E-state index in [-0.39, 0.29) is 29.3 Å². The SMILES string of the molecule is CC(C)(C)c1cc[n+]([C@H](C(=O)c2ccc(OC(F)F)cc2OC(F)F)C(=S)NCc2ccc3c(c2)OCO3)cc1. The number of aromatic nitrogens is 1. The fourth-order valence-electron chi connectivity index (χ4n) is 4.06. The van der Waals surface area contributed by atoms with Crippen LogP contribution in [0.25, 0.3) is 0 Å². The molecule has 12 heteroatoms. The smallest absolute Gasteiger partial charge is 0.387 e. The van der Waals surface area contributed by atoms with E-state index in [0.717, 1.165) is 29.3 Å². The number of alkyl halides is 4. The number of thiocarbonyl (C=S) groups is 1. The van der Waals surface area contributed by atoms with Crippen LogP contribution in [0.5, 0.6) is 23.0 Å². The van der Waals surface area contributed by atoms with Crippen molar-refractivity contribution in [2.45, 2.75) is 52.0 Å². The number of nitrogens with one attached hydrogen (secondary N) is 1. The molecule has 1 N–H and O–H groups in total. The Balaban J connectivity index is 1.67. The molecule has 1 aliphatic heterocycles. The zero-order valence-electron chi connectivity index (χ0n) is 21.8. The van der Waals surface area contributed by atoms with Crippen LogP contribution in [0.3, 0.4) is 0 Å². The monoisotopic (exact) mass is 579 g/mol.